The molecule has 2 aromatic rings. The molecule has 1 saturated heterocycles. The second kappa shape index (κ2) is 12.1. The number of carbonyl (C=O) groups is 2. The van der Waals surface area contributed by atoms with Gasteiger partial charge in [-0.25, -0.2) is 4.79 Å². The van der Waals surface area contributed by atoms with E-state index < -0.39 is 16.8 Å². The number of esters is 1. The molecule has 2 N–H and O–H groups in total. The first-order valence-corrected chi connectivity index (χ1v) is 11.3. The first kappa shape index (κ1) is 25.1. The topological polar surface area (TPSA) is 123 Å². The maximum absolute atomic E-state index is 13.0. The summed E-state index contributed by atoms with van der Waals surface area (Å²) in [5.74, 6) is -0.976. The lowest BCUT2D eigenvalue weighted by Crippen LogP contribution is -2.39. The van der Waals surface area contributed by atoms with Crippen LogP contribution in [0.1, 0.15) is 40.5 Å². The number of unbranched alkanes of at least 4 members (excludes halogenated alkanes) is 1. The fourth-order valence-electron chi connectivity index (χ4n) is 3.31. The minimum Gasteiger partial charge on any atom is -0.462 e. The molecule has 1 amide bonds. The van der Waals surface area contributed by atoms with E-state index in [0.29, 0.717) is 49.8 Å². The van der Waals surface area contributed by atoms with E-state index in [4.69, 9.17) is 21.7 Å². The number of thiocarbonyl (C=S) groups is 1. The molecule has 11 heteroatoms. The van der Waals surface area contributed by atoms with Gasteiger partial charge >= 0.3 is 5.97 Å². The lowest BCUT2D eigenvalue weighted by Gasteiger charge is -2.30. The van der Waals surface area contributed by atoms with E-state index in [9.17, 15) is 19.7 Å². The smallest absolute Gasteiger partial charge is 0.338 e. The number of hydrogen-bond acceptors (Lipinski definition) is 8. The molecule has 3 rings (SSSR count). The third kappa shape index (κ3) is 6.72. The number of amides is 1. The molecule has 0 radical (unpaired) electrons. The summed E-state index contributed by atoms with van der Waals surface area (Å²) in [5, 5.41) is 16.7. The van der Waals surface area contributed by atoms with Gasteiger partial charge in [-0.05, 0) is 49.0 Å². The molecule has 1 aliphatic rings. The van der Waals surface area contributed by atoms with Gasteiger partial charge in [0.1, 0.15) is 0 Å². The van der Waals surface area contributed by atoms with Gasteiger partial charge in [0.25, 0.3) is 11.6 Å². The maximum Gasteiger partial charge on any atom is 0.338 e. The normalized spacial score (nSPS) is 13.1. The molecule has 34 heavy (non-hydrogen) atoms. The first-order chi connectivity index (χ1) is 16.4. The van der Waals surface area contributed by atoms with E-state index in [0.717, 1.165) is 12.8 Å². The molecule has 0 unspecified atom stereocenters. The van der Waals surface area contributed by atoms with Gasteiger partial charge in [-0.15, -0.1) is 0 Å². The summed E-state index contributed by atoms with van der Waals surface area (Å²) in [7, 11) is 0. The number of benzene rings is 2. The average molecular weight is 487 g/mol. The SMILES string of the molecule is CCCCOC(=O)c1ccc(NC(=S)NC(=O)c2cc([N+](=O)[O-])ccc2N2CCOCC2)cc1. The van der Waals surface area contributed by atoms with Crippen molar-refractivity contribution in [3.63, 3.8) is 0 Å². The summed E-state index contributed by atoms with van der Waals surface area (Å²) < 4.78 is 10.5. The third-order valence-corrected chi connectivity index (χ3v) is 5.33. The summed E-state index contributed by atoms with van der Waals surface area (Å²) in [6.07, 6.45) is 1.74. The van der Waals surface area contributed by atoms with Crippen LogP contribution in [0.2, 0.25) is 0 Å². The van der Waals surface area contributed by atoms with E-state index in [1.54, 1.807) is 30.3 Å². The summed E-state index contributed by atoms with van der Waals surface area (Å²) in [5.41, 5.74) is 1.49. The predicted octanol–water partition coefficient (Wildman–Crippen LogP) is 3.52. The lowest BCUT2D eigenvalue weighted by molar-refractivity contribution is -0.384. The fourth-order valence-corrected chi connectivity index (χ4v) is 3.52. The number of morpholine rings is 1. The van der Waals surface area contributed by atoms with Crippen molar-refractivity contribution in [3.05, 3.63) is 63.7 Å². The van der Waals surface area contributed by atoms with Gasteiger partial charge in [0.15, 0.2) is 5.11 Å². The van der Waals surface area contributed by atoms with Gasteiger partial charge in [0.2, 0.25) is 0 Å². The van der Waals surface area contributed by atoms with Gasteiger partial charge in [0, 0.05) is 30.9 Å². The molecular weight excluding hydrogens is 460 g/mol. The minimum atomic E-state index is -0.571. The zero-order chi connectivity index (χ0) is 24.5. The Morgan fingerprint density at radius 1 is 1.18 bits per heavy atom. The molecule has 1 fully saturated rings. The van der Waals surface area contributed by atoms with Crippen LogP contribution >= 0.6 is 12.2 Å². The van der Waals surface area contributed by atoms with Crippen LogP contribution in [0.4, 0.5) is 17.1 Å². The standard InChI is InChI=1S/C23H26N4O6S/c1-2-3-12-33-22(29)16-4-6-17(7-5-16)24-23(34)25-21(28)19-15-18(27(30)31)8-9-20(19)26-10-13-32-14-11-26/h4-9,15H,2-3,10-14H2,1H3,(H2,24,25,28,34). The van der Waals surface area contributed by atoms with Crippen LogP contribution in [0.15, 0.2) is 42.5 Å². The van der Waals surface area contributed by atoms with Crippen molar-refractivity contribution in [2.75, 3.05) is 43.1 Å². The van der Waals surface area contributed by atoms with Crippen LogP contribution < -0.4 is 15.5 Å². The minimum absolute atomic E-state index is 0.0164. The molecule has 0 spiro atoms. The van der Waals surface area contributed by atoms with Crippen LogP contribution in [-0.4, -0.2) is 54.8 Å². The summed E-state index contributed by atoms with van der Waals surface area (Å²) in [4.78, 5) is 37.6. The number of nitrogens with zero attached hydrogens (tertiary/aromatic N) is 2. The molecule has 0 aliphatic carbocycles. The highest BCUT2D eigenvalue weighted by atomic mass is 32.1. The van der Waals surface area contributed by atoms with Gasteiger partial charge in [-0.1, -0.05) is 13.3 Å². The number of anilines is 2. The Labute approximate surface area is 202 Å². The Hall–Kier alpha value is -3.57. The lowest BCUT2D eigenvalue weighted by atomic mass is 10.1. The fraction of sp³-hybridized carbons (Fsp3) is 0.348. The van der Waals surface area contributed by atoms with Crippen molar-refractivity contribution in [1.29, 1.82) is 0 Å². The summed E-state index contributed by atoms with van der Waals surface area (Å²) >= 11 is 5.25. The number of nitro groups is 1. The van der Waals surface area contributed by atoms with Crippen LogP contribution in [0.3, 0.4) is 0 Å². The Morgan fingerprint density at radius 2 is 1.88 bits per heavy atom. The molecule has 1 heterocycles. The quantitative estimate of drug-likeness (QED) is 0.190. The third-order valence-electron chi connectivity index (χ3n) is 5.12. The monoisotopic (exact) mass is 486 g/mol. The van der Waals surface area contributed by atoms with Crippen LogP contribution in [0.25, 0.3) is 0 Å². The molecule has 0 bridgehead atoms. The van der Waals surface area contributed by atoms with Crippen molar-refractivity contribution in [2.24, 2.45) is 0 Å². The van der Waals surface area contributed by atoms with Crippen molar-refractivity contribution < 1.29 is 24.0 Å². The maximum atomic E-state index is 13.0. The average Bonchev–Trinajstić information content (AvgIpc) is 2.84. The highest BCUT2D eigenvalue weighted by molar-refractivity contribution is 7.80. The van der Waals surface area contributed by atoms with Gasteiger partial charge in [-0.2, -0.15) is 0 Å². The Kier molecular flexibility index (Phi) is 8.88. The van der Waals surface area contributed by atoms with Crippen LogP contribution in [0.5, 0.6) is 0 Å². The molecule has 1 aliphatic heterocycles. The van der Waals surface area contributed by atoms with E-state index in [1.165, 1.54) is 12.1 Å². The Bertz CT molecular complexity index is 1050. The van der Waals surface area contributed by atoms with Gasteiger partial charge in [-0.3, -0.25) is 20.2 Å². The molecule has 0 saturated carbocycles. The number of carbonyl (C=O) groups excluding carboxylic acids is 2. The summed E-state index contributed by atoms with van der Waals surface area (Å²) in [6, 6.07) is 10.6. The molecule has 2 aromatic carbocycles. The van der Waals surface area contributed by atoms with Gasteiger partial charge in [0.05, 0.1) is 41.6 Å². The van der Waals surface area contributed by atoms with Crippen molar-refractivity contribution >= 4 is 46.3 Å². The van der Waals surface area contributed by atoms with Crippen LogP contribution in [0, 0.1) is 10.1 Å². The van der Waals surface area contributed by atoms with E-state index in [1.807, 2.05) is 11.8 Å². The molecule has 0 aromatic heterocycles. The second-order valence-corrected chi connectivity index (χ2v) is 7.94. The Morgan fingerprint density at radius 3 is 2.53 bits per heavy atom. The first-order valence-electron chi connectivity index (χ1n) is 10.9. The van der Waals surface area contributed by atoms with E-state index in [-0.39, 0.29) is 16.4 Å². The van der Waals surface area contributed by atoms with Crippen molar-refractivity contribution in [2.45, 2.75) is 19.8 Å². The number of nitro benzene ring substituents is 1. The number of hydrogen-bond donors (Lipinski definition) is 2. The second-order valence-electron chi connectivity index (χ2n) is 7.53. The van der Waals surface area contributed by atoms with Crippen LogP contribution in [-0.2, 0) is 9.47 Å². The Balaban J connectivity index is 1.67. The molecule has 0 atom stereocenters. The molecule has 180 valence electrons. The number of ether oxygens (including phenoxy) is 2. The highest BCUT2D eigenvalue weighted by Gasteiger charge is 2.22. The predicted molar refractivity (Wildman–Crippen MR) is 131 cm³/mol. The molecule has 10 nitrogen and oxygen atoms in total. The largest absolute Gasteiger partial charge is 0.462 e. The number of non-ortho nitro benzene ring substituents is 1. The zero-order valence-electron chi connectivity index (χ0n) is 18.7. The molecular formula is C23H26N4O6S. The van der Waals surface area contributed by atoms with Gasteiger partial charge < -0.3 is 19.7 Å². The number of rotatable bonds is 8. The number of nitrogens with one attached hydrogen (secondary N) is 2. The van der Waals surface area contributed by atoms with Crippen molar-refractivity contribution in [3.8, 4) is 0 Å². The van der Waals surface area contributed by atoms with E-state index >= 15 is 0 Å². The summed E-state index contributed by atoms with van der Waals surface area (Å²) in [6.45, 7) is 4.51. The zero-order valence-corrected chi connectivity index (χ0v) is 19.6. The van der Waals surface area contributed by atoms with E-state index in [2.05, 4.69) is 10.6 Å². The highest BCUT2D eigenvalue weighted by Crippen LogP contribution is 2.26. The van der Waals surface area contributed by atoms with Crippen molar-refractivity contribution in [1.82, 2.24) is 5.32 Å².